The summed E-state index contributed by atoms with van der Waals surface area (Å²) in [5, 5.41) is 0. The van der Waals surface area contributed by atoms with Gasteiger partial charge in [-0.1, -0.05) is 68.4 Å². The molecule has 4 aliphatic rings. The molecule has 3 heterocycles. The number of benzene rings is 2. The minimum atomic E-state index is 0.0672. The molecule has 2 aliphatic carbocycles. The molecule has 0 spiro atoms. The minimum absolute atomic E-state index is 0.0672. The Balaban J connectivity index is 0.000000474. The molecule has 2 aromatic carbocycles. The van der Waals surface area contributed by atoms with E-state index in [9.17, 15) is 0 Å². The Bertz CT molecular complexity index is 1190. The van der Waals surface area contributed by atoms with Gasteiger partial charge in [-0.3, -0.25) is 0 Å². The fourth-order valence-corrected chi connectivity index (χ4v) is 5.12. The van der Waals surface area contributed by atoms with Crippen LogP contribution in [0.25, 0.3) is 0 Å². The van der Waals surface area contributed by atoms with E-state index in [-0.39, 0.29) is 24.3 Å². The van der Waals surface area contributed by atoms with Crippen molar-refractivity contribution in [2.45, 2.75) is 37.1 Å². The van der Waals surface area contributed by atoms with Gasteiger partial charge in [-0.15, -0.1) is 0 Å². The molecule has 7 rings (SSSR count). The van der Waals surface area contributed by atoms with Crippen molar-refractivity contribution >= 4 is 39.0 Å². The summed E-state index contributed by atoms with van der Waals surface area (Å²) in [6.45, 7) is 6.00. The number of ether oxygens (including phenoxy) is 2. The standard InChI is InChI=1S/C25H19N3O2.C2H4.2BrH.Ru/c1-3-8-16-14(6-1)12-20-22(16)27-24(29-20)18-10-5-11-19(26-18)25-28-23-17-9-4-2-7-15(17)13-21(23)30-25;1-2;;;/h1-11,20-23H,12-13H2;1-2H2;2*1H;/q;;;;+2/p-2/t20-,21-,22+,23+;;;;/m1..../s1. The smallest absolute Gasteiger partial charge is 0.236 e. The first-order valence-corrected chi connectivity index (χ1v) is 19.2. The van der Waals surface area contributed by atoms with Gasteiger partial charge in [0.15, 0.2) is 0 Å². The maximum absolute atomic E-state index is 6.20. The molecular weight excluding hydrogens is 659 g/mol. The summed E-state index contributed by atoms with van der Waals surface area (Å²) in [7, 11) is 0. The third-order valence-electron chi connectivity index (χ3n) is 6.52. The van der Waals surface area contributed by atoms with E-state index < -0.39 is 0 Å². The van der Waals surface area contributed by atoms with Gasteiger partial charge in [0, 0.05) is 12.8 Å². The Kier molecular flexibility index (Phi) is 7.81. The number of hydrogen-bond donors (Lipinski definition) is 0. The number of pyridine rings is 1. The molecule has 3 aromatic rings. The Morgan fingerprint density at radius 1 is 0.686 bits per heavy atom. The van der Waals surface area contributed by atoms with Crippen molar-refractivity contribution in [3.05, 3.63) is 114 Å². The van der Waals surface area contributed by atoms with Crippen LogP contribution in [0.15, 0.2) is 76.7 Å². The number of aliphatic imine (C=N–C) groups is 2. The van der Waals surface area contributed by atoms with Crippen LogP contribution in [0.2, 0.25) is 0 Å². The van der Waals surface area contributed by atoms with Crippen LogP contribution in [0.1, 0.15) is 45.7 Å². The van der Waals surface area contributed by atoms with Crippen LogP contribution in [0, 0.1) is 13.8 Å². The molecule has 5 nitrogen and oxygen atoms in total. The van der Waals surface area contributed by atoms with E-state index >= 15 is 0 Å². The zero-order valence-corrected chi connectivity index (χ0v) is 23.7. The molecule has 0 N–H and O–H groups in total. The van der Waals surface area contributed by atoms with Crippen molar-refractivity contribution in [3.63, 3.8) is 0 Å². The molecule has 0 saturated heterocycles. The van der Waals surface area contributed by atoms with Crippen molar-refractivity contribution in [2.75, 3.05) is 0 Å². The first kappa shape index (κ1) is 24.8. The number of nitrogens with zero attached hydrogens (tertiary/aromatic N) is 3. The third-order valence-corrected chi connectivity index (χ3v) is 6.52. The number of fused-ring (bicyclic) bond motifs is 6. The molecule has 35 heavy (non-hydrogen) atoms. The van der Waals surface area contributed by atoms with Gasteiger partial charge in [0.05, 0.1) is 0 Å². The Hall–Kier alpha value is -1.89. The van der Waals surface area contributed by atoms with E-state index in [2.05, 4.69) is 89.6 Å². The summed E-state index contributed by atoms with van der Waals surface area (Å²) >= 11 is 6.64. The average molecular weight is 682 g/mol. The molecule has 0 saturated carbocycles. The zero-order valence-electron chi connectivity index (χ0n) is 18.8. The first-order chi connectivity index (χ1) is 17.2. The van der Waals surface area contributed by atoms with Crippen LogP contribution in [0.4, 0.5) is 0 Å². The summed E-state index contributed by atoms with van der Waals surface area (Å²) in [5.41, 5.74) is 6.67. The van der Waals surface area contributed by atoms with E-state index in [1.54, 1.807) is 0 Å². The van der Waals surface area contributed by atoms with Crippen molar-refractivity contribution in [3.8, 4) is 0 Å². The van der Waals surface area contributed by atoms with Crippen molar-refractivity contribution in [2.24, 2.45) is 9.98 Å². The van der Waals surface area contributed by atoms with Crippen LogP contribution in [-0.4, -0.2) is 29.0 Å². The molecule has 2 radical (unpaired) electrons. The van der Waals surface area contributed by atoms with E-state index in [1.807, 2.05) is 18.2 Å². The van der Waals surface area contributed by atoms with Crippen LogP contribution in [-0.2, 0) is 35.5 Å². The van der Waals surface area contributed by atoms with E-state index in [0.717, 1.165) is 24.2 Å². The van der Waals surface area contributed by atoms with Crippen molar-refractivity contribution in [1.29, 1.82) is 0 Å². The summed E-state index contributed by atoms with van der Waals surface area (Å²) in [4.78, 5) is 14.5. The predicted molar refractivity (Wildman–Crippen MR) is 141 cm³/mol. The van der Waals surface area contributed by atoms with E-state index in [4.69, 9.17) is 24.4 Å². The normalized spacial score (nSPS) is 24.2. The van der Waals surface area contributed by atoms with Gasteiger partial charge in [0.25, 0.3) is 0 Å². The van der Waals surface area contributed by atoms with Crippen molar-refractivity contribution in [1.82, 2.24) is 4.98 Å². The summed E-state index contributed by atoms with van der Waals surface area (Å²) in [5.74, 6) is 1.23. The van der Waals surface area contributed by atoms with Gasteiger partial charge in [-0.2, -0.15) is 0 Å². The summed E-state index contributed by atoms with van der Waals surface area (Å²) in [6, 6.07) is 22.9. The second-order valence-corrected chi connectivity index (χ2v) is 16.4. The third kappa shape index (κ3) is 4.77. The molecular formula is C27H23Br2N3O2Ru. The predicted octanol–water partition coefficient (Wildman–Crippen LogP) is 6.31. The molecule has 0 unspecified atom stereocenters. The molecule has 8 heteroatoms. The largest absolute Gasteiger partial charge is 0.470 e. The maximum Gasteiger partial charge on any atom is 0.236 e. The number of rotatable bonds is 2. The van der Waals surface area contributed by atoms with E-state index in [0.29, 0.717) is 25.0 Å². The van der Waals surface area contributed by atoms with Gasteiger partial charge in [0.1, 0.15) is 35.7 Å². The Labute approximate surface area is 226 Å². The molecule has 0 amide bonds. The monoisotopic (exact) mass is 681 g/mol. The minimum Gasteiger partial charge on any atom is -0.470 e. The molecule has 4 atom stereocenters. The topological polar surface area (TPSA) is 56.1 Å². The van der Waals surface area contributed by atoms with Gasteiger partial charge < -0.3 is 9.47 Å². The molecule has 0 fully saturated rings. The molecule has 1 aromatic heterocycles. The van der Waals surface area contributed by atoms with Gasteiger partial charge in [0.2, 0.25) is 11.8 Å². The summed E-state index contributed by atoms with van der Waals surface area (Å²) in [6.07, 6.45) is 1.93. The van der Waals surface area contributed by atoms with Crippen LogP contribution in [0.5, 0.6) is 0 Å². The fourth-order valence-electron chi connectivity index (χ4n) is 5.12. The second-order valence-electron chi connectivity index (χ2n) is 8.34. The molecule has 180 valence electrons. The maximum atomic E-state index is 6.20. The Morgan fingerprint density at radius 2 is 1.11 bits per heavy atom. The first-order valence-electron chi connectivity index (χ1n) is 11.2. The van der Waals surface area contributed by atoms with Crippen LogP contribution >= 0.6 is 27.2 Å². The van der Waals surface area contributed by atoms with Gasteiger partial charge >= 0.3 is 40.5 Å². The zero-order chi connectivity index (χ0) is 24.4. The summed E-state index contributed by atoms with van der Waals surface area (Å²) < 4.78 is 12.4. The molecule has 0 bridgehead atoms. The van der Waals surface area contributed by atoms with Crippen LogP contribution < -0.4 is 0 Å². The average Bonchev–Trinajstić information content (AvgIpc) is 3.65. The van der Waals surface area contributed by atoms with Crippen molar-refractivity contribution < 1.29 is 22.7 Å². The SMILES string of the molecule is [Br][Ru][Br].[CH2][CH2].c1cc(C2=N[C@H]3c4ccccc4C[C@H]3O2)nc(C2=N[C@H]3c4ccccc4C[C@H]3O2)c1. The molecule has 2 aliphatic heterocycles. The van der Waals surface area contributed by atoms with Crippen LogP contribution in [0.3, 0.4) is 0 Å². The number of hydrogen-bond acceptors (Lipinski definition) is 5. The number of aromatic nitrogens is 1. The Morgan fingerprint density at radius 3 is 1.57 bits per heavy atom. The quantitative estimate of drug-likeness (QED) is 0.298. The number of halogens is 2. The van der Waals surface area contributed by atoms with E-state index in [1.165, 1.54) is 22.3 Å². The fraction of sp³-hybridized carbons (Fsp3) is 0.222. The van der Waals surface area contributed by atoms with Gasteiger partial charge in [-0.05, 0) is 34.4 Å². The van der Waals surface area contributed by atoms with Gasteiger partial charge in [-0.25, -0.2) is 15.0 Å². The second kappa shape index (κ2) is 11.0.